The average molecular weight is 572 g/mol. The fourth-order valence-corrected chi connectivity index (χ4v) is 4.81. The second kappa shape index (κ2) is 14.8. The van der Waals surface area contributed by atoms with Gasteiger partial charge in [0.25, 0.3) is 5.91 Å². The van der Waals surface area contributed by atoms with Crippen LogP contribution >= 0.6 is 0 Å². The molecule has 2 aliphatic heterocycles. The number of primary amides is 1. The molecule has 42 heavy (non-hydrogen) atoms. The molecule has 3 aromatic rings. The van der Waals surface area contributed by atoms with Crippen molar-refractivity contribution in [2.45, 2.75) is 32.1 Å². The molecule has 2 saturated heterocycles. The van der Waals surface area contributed by atoms with Crippen LogP contribution in [0.5, 0.6) is 11.6 Å². The minimum atomic E-state index is -0.639. The molecule has 9 heteroatoms. The van der Waals surface area contributed by atoms with E-state index in [2.05, 4.69) is 46.0 Å². The number of methoxy groups -OCH3 is 1. The average Bonchev–Trinajstić information content (AvgIpc) is 3.02. The maximum absolute atomic E-state index is 12.5. The van der Waals surface area contributed by atoms with Crippen molar-refractivity contribution in [3.05, 3.63) is 76.9 Å². The molecule has 0 radical (unpaired) electrons. The van der Waals surface area contributed by atoms with Gasteiger partial charge in [-0.3, -0.25) is 9.69 Å². The Labute approximate surface area is 246 Å². The number of amides is 1. The summed E-state index contributed by atoms with van der Waals surface area (Å²) < 4.78 is 28.2. The summed E-state index contributed by atoms with van der Waals surface area (Å²) >= 11 is 0. The van der Waals surface area contributed by atoms with Crippen molar-refractivity contribution >= 4 is 5.91 Å². The number of rotatable bonds is 10. The van der Waals surface area contributed by atoms with Gasteiger partial charge >= 0.3 is 0 Å². The lowest BCUT2D eigenvalue weighted by Gasteiger charge is -2.26. The highest BCUT2D eigenvalue weighted by atomic mass is 16.7. The molecule has 1 atom stereocenters. The summed E-state index contributed by atoms with van der Waals surface area (Å²) in [7, 11) is 1.59. The van der Waals surface area contributed by atoms with Crippen LogP contribution in [0.4, 0.5) is 0 Å². The SMILES string of the molecule is COCCOc1cc(C(N)=O)c(OC2CCCCO2)c(-c2ccc(C#Cc3ccc(CN4CCOCC4)cc3)cc2)n1. The van der Waals surface area contributed by atoms with Gasteiger partial charge in [-0.15, -0.1) is 0 Å². The summed E-state index contributed by atoms with van der Waals surface area (Å²) in [4.78, 5) is 19.6. The van der Waals surface area contributed by atoms with E-state index in [1.807, 2.05) is 24.3 Å². The van der Waals surface area contributed by atoms with Gasteiger partial charge < -0.3 is 29.4 Å². The Bertz CT molecular complexity index is 1390. The minimum Gasteiger partial charge on any atom is -0.475 e. The number of carbonyl (C=O) groups excluding carboxylic acids is 1. The zero-order chi connectivity index (χ0) is 29.1. The molecule has 1 amide bonds. The van der Waals surface area contributed by atoms with Crippen LogP contribution < -0.4 is 15.2 Å². The number of ether oxygens (including phenoxy) is 5. The Kier molecular flexibility index (Phi) is 10.4. The summed E-state index contributed by atoms with van der Waals surface area (Å²) in [6, 6.07) is 17.5. The van der Waals surface area contributed by atoms with E-state index in [1.54, 1.807) is 7.11 Å². The van der Waals surface area contributed by atoms with Crippen molar-refractivity contribution in [1.82, 2.24) is 9.88 Å². The van der Waals surface area contributed by atoms with E-state index in [9.17, 15) is 4.79 Å². The van der Waals surface area contributed by atoms with Crippen molar-refractivity contribution in [2.24, 2.45) is 5.73 Å². The van der Waals surface area contributed by atoms with Gasteiger partial charge in [0.05, 0.1) is 32.0 Å². The first kappa shape index (κ1) is 29.5. The van der Waals surface area contributed by atoms with E-state index in [1.165, 1.54) is 11.6 Å². The van der Waals surface area contributed by atoms with Gasteiger partial charge in [0.15, 0.2) is 12.0 Å². The van der Waals surface area contributed by atoms with Crippen LogP contribution in [-0.4, -0.2) is 75.3 Å². The van der Waals surface area contributed by atoms with Crippen LogP contribution in [0.2, 0.25) is 0 Å². The predicted octanol–water partition coefficient (Wildman–Crippen LogP) is 4.01. The fourth-order valence-electron chi connectivity index (χ4n) is 4.81. The lowest BCUT2D eigenvalue weighted by atomic mass is 10.0. The normalized spacial score (nSPS) is 17.2. The van der Waals surface area contributed by atoms with Gasteiger partial charge in [0.1, 0.15) is 12.3 Å². The number of hydrogen-bond donors (Lipinski definition) is 1. The van der Waals surface area contributed by atoms with Crippen LogP contribution in [0.1, 0.15) is 46.3 Å². The van der Waals surface area contributed by atoms with Crippen molar-refractivity contribution in [3.63, 3.8) is 0 Å². The van der Waals surface area contributed by atoms with Gasteiger partial charge in [-0.1, -0.05) is 36.1 Å². The smallest absolute Gasteiger partial charge is 0.252 e. The topological polar surface area (TPSA) is 105 Å². The molecular formula is C33H37N3O6. The lowest BCUT2D eigenvalue weighted by Crippen LogP contribution is -2.35. The van der Waals surface area contributed by atoms with Crippen LogP contribution in [0.3, 0.4) is 0 Å². The molecule has 3 heterocycles. The van der Waals surface area contributed by atoms with E-state index in [0.717, 1.165) is 62.4 Å². The van der Waals surface area contributed by atoms with Gasteiger partial charge in [-0.25, -0.2) is 4.98 Å². The number of aromatic nitrogens is 1. The molecule has 5 rings (SSSR count). The quantitative estimate of drug-likeness (QED) is 0.288. The highest BCUT2D eigenvalue weighted by Crippen LogP contribution is 2.36. The summed E-state index contributed by atoms with van der Waals surface area (Å²) in [6.07, 6.45) is 2.18. The number of carbonyl (C=O) groups is 1. The number of nitrogens with zero attached hydrogens (tertiary/aromatic N) is 2. The third-order valence-electron chi connectivity index (χ3n) is 7.11. The summed E-state index contributed by atoms with van der Waals surface area (Å²) in [5.74, 6) is 6.38. The third-order valence-corrected chi connectivity index (χ3v) is 7.11. The molecule has 0 bridgehead atoms. The van der Waals surface area contributed by atoms with Crippen LogP contribution in [0.25, 0.3) is 11.3 Å². The van der Waals surface area contributed by atoms with E-state index in [0.29, 0.717) is 25.3 Å². The van der Waals surface area contributed by atoms with Crippen LogP contribution in [0, 0.1) is 11.8 Å². The molecule has 0 aliphatic carbocycles. The third kappa shape index (κ3) is 8.08. The lowest BCUT2D eigenvalue weighted by molar-refractivity contribution is -0.105. The molecule has 2 aliphatic rings. The predicted molar refractivity (Wildman–Crippen MR) is 158 cm³/mol. The van der Waals surface area contributed by atoms with Gasteiger partial charge in [0.2, 0.25) is 5.88 Å². The molecule has 2 N–H and O–H groups in total. The zero-order valence-electron chi connectivity index (χ0n) is 24.0. The van der Waals surface area contributed by atoms with E-state index in [4.69, 9.17) is 29.4 Å². The fraction of sp³-hybridized carbons (Fsp3) is 0.394. The Morgan fingerprint density at radius 1 is 1.00 bits per heavy atom. The van der Waals surface area contributed by atoms with Crippen molar-refractivity contribution in [3.8, 4) is 34.7 Å². The molecular weight excluding hydrogens is 534 g/mol. The second-order valence-corrected chi connectivity index (χ2v) is 10.2. The monoisotopic (exact) mass is 571 g/mol. The van der Waals surface area contributed by atoms with Crippen molar-refractivity contribution in [1.29, 1.82) is 0 Å². The van der Waals surface area contributed by atoms with Crippen LogP contribution in [0.15, 0.2) is 54.6 Å². The summed E-state index contributed by atoms with van der Waals surface area (Å²) in [5, 5.41) is 0. The van der Waals surface area contributed by atoms with Crippen molar-refractivity contribution < 1.29 is 28.5 Å². The Hall–Kier alpha value is -3.94. The largest absolute Gasteiger partial charge is 0.475 e. The molecule has 9 nitrogen and oxygen atoms in total. The molecule has 220 valence electrons. The number of hydrogen-bond acceptors (Lipinski definition) is 8. The first-order chi connectivity index (χ1) is 20.6. The zero-order valence-corrected chi connectivity index (χ0v) is 24.0. The maximum Gasteiger partial charge on any atom is 0.252 e. The summed E-state index contributed by atoms with van der Waals surface area (Å²) in [5.41, 5.74) is 10.2. The van der Waals surface area contributed by atoms with Gasteiger partial charge in [-0.2, -0.15) is 0 Å². The summed E-state index contributed by atoms with van der Waals surface area (Å²) in [6.45, 7) is 5.68. The molecule has 2 fully saturated rings. The number of benzene rings is 2. The molecule has 1 unspecified atom stereocenters. The second-order valence-electron chi connectivity index (χ2n) is 10.2. The Balaban J connectivity index is 1.36. The van der Waals surface area contributed by atoms with E-state index >= 15 is 0 Å². The molecule has 0 saturated carbocycles. The first-order valence-corrected chi connectivity index (χ1v) is 14.4. The van der Waals surface area contributed by atoms with Crippen LogP contribution in [-0.2, 0) is 20.8 Å². The highest BCUT2D eigenvalue weighted by Gasteiger charge is 2.25. The number of morpholine rings is 1. The molecule has 2 aromatic carbocycles. The van der Waals surface area contributed by atoms with Crippen molar-refractivity contribution in [2.75, 3.05) is 53.2 Å². The standard InChI is InChI=1S/C33H37N3O6/c1-38-20-21-40-29-22-28(33(34)37)32(42-30-4-2-3-17-41-30)31(35-29)27-13-11-25(12-14-27)6-5-24-7-9-26(10-8-24)23-36-15-18-39-19-16-36/h7-14,22,30H,2-4,15-21,23H2,1H3,(H2,34,37). The Morgan fingerprint density at radius 3 is 2.36 bits per heavy atom. The van der Waals surface area contributed by atoms with E-state index in [-0.39, 0.29) is 23.8 Å². The highest BCUT2D eigenvalue weighted by molar-refractivity contribution is 5.98. The number of nitrogens with two attached hydrogens (primary N) is 1. The van der Waals surface area contributed by atoms with Gasteiger partial charge in [-0.05, 0) is 42.7 Å². The minimum absolute atomic E-state index is 0.183. The van der Waals surface area contributed by atoms with Gasteiger partial charge in [0, 0.05) is 55.9 Å². The first-order valence-electron chi connectivity index (χ1n) is 14.4. The maximum atomic E-state index is 12.5. The van der Waals surface area contributed by atoms with E-state index < -0.39 is 12.2 Å². The number of pyridine rings is 1. The Morgan fingerprint density at radius 2 is 1.71 bits per heavy atom. The molecule has 0 spiro atoms. The molecule has 1 aromatic heterocycles.